The molecule has 1 aliphatic heterocycles. The van der Waals surface area contributed by atoms with E-state index in [1.54, 1.807) is 27.8 Å². The highest BCUT2D eigenvalue weighted by molar-refractivity contribution is 5.98. The number of nitrogens with zero attached hydrogens (tertiary/aromatic N) is 5. The average Bonchev–Trinajstić information content (AvgIpc) is 3.36. The van der Waals surface area contributed by atoms with Gasteiger partial charge in [0, 0.05) is 30.6 Å². The van der Waals surface area contributed by atoms with Crippen LogP contribution in [0.4, 0.5) is 19.0 Å². The van der Waals surface area contributed by atoms with Crippen LogP contribution in [0, 0.1) is 25.7 Å². The molecule has 3 heterocycles. The Morgan fingerprint density at radius 2 is 1.77 bits per heavy atom. The number of anilines is 1. The van der Waals surface area contributed by atoms with Crippen LogP contribution in [-0.2, 0) is 17.4 Å². The third kappa shape index (κ3) is 6.28. The van der Waals surface area contributed by atoms with Gasteiger partial charge in [-0.15, -0.1) is 0 Å². The molecule has 1 fully saturated rings. The lowest BCUT2D eigenvalue weighted by Crippen LogP contribution is -2.43. The number of hydrogen-bond acceptors (Lipinski definition) is 7. The van der Waals surface area contributed by atoms with E-state index >= 15 is 0 Å². The fourth-order valence-corrected chi connectivity index (χ4v) is 5.36. The van der Waals surface area contributed by atoms with Gasteiger partial charge in [0.15, 0.2) is 11.4 Å². The summed E-state index contributed by atoms with van der Waals surface area (Å²) in [5.41, 5.74) is 8.40. The number of Topliss-reactive ketones (excluding diaryl/α,β-unsaturated/α-hetero) is 1. The van der Waals surface area contributed by atoms with E-state index in [4.69, 9.17) is 10.8 Å². The van der Waals surface area contributed by atoms with Crippen LogP contribution in [-0.4, -0.2) is 60.6 Å². The summed E-state index contributed by atoms with van der Waals surface area (Å²) in [6.07, 6.45) is -3.14. The summed E-state index contributed by atoms with van der Waals surface area (Å²) in [7, 11) is 0. The van der Waals surface area contributed by atoms with E-state index in [-0.39, 0.29) is 35.3 Å². The summed E-state index contributed by atoms with van der Waals surface area (Å²) in [5.74, 6) is 5.67. The van der Waals surface area contributed by atoms with Crippen molar-refractivity contribution in [3.8, 4) is 11.8 Å². The molecule has 2 aromatic carbocycles. The van der Waals surface area contributed by atoms with Gasteiger partial charge in [-0.1, -0.05) is 30.2 Å². The molecule has 4 aromatic rings. The van der Waals surface area contributed by atoms with Crippen molar-refractivity contribution >= 4 is 28.5 Å². The summed E-state index contributed by atoms with van der Waals surface area (Å²) < 4.78 is 41.9. The predicted octanol–water partition coefficient (Wildman–Crippen LogP) is 4.41. The van der Waals surface area contributed by atoms with Crippen LogP contribution in [0.25, 0.3) is 11.0 Å². The summed E-state index contributed by atoms with van der Waals surface area (Å²) >= 11 is 0. The lowest BCUT2D eigenvalue weighted by molar-refractivity contribution is -0.140. The number of amides is 1. The zero-order valence-electron chi connectivity index (χ0n) is 24.4. The van der Waals surface area contributed by atoms with Crippen LogP contribution >= 0.6 is 0 Å². The Balaban J connectivity index is 1.41. The zero-order chi connectivity index (χ0) is 31.8. The number of piperidine rings is 1. The lowest BCUT2D eigenvalue weighted by atomic mass is 9.96. The van der Waals surface area contributed by atoms with Crippen molar-refractivity contribution in [1.82, 2.24) is 24.6 Å². The number of nitrogen functional groups attached to an aromatic ring is 1. The van der Waals surface area contributed by atoms with E-state index in [9.17, 15) is 27.9 Å². The van der Waals surface area contributed by atoms with Gasteiger partial charge < -0.3 is 15.7 Å². The molecule has 2 aromatic heterocycles. The molecule has 1 saturated heterocycles. The number of ketones is 1. The second kappa shape index (κ2) is 12.1. The number of aromatic nitrogens is 4. The number of halogens is 3. The number of aliphatic hydroxyl groups is 1. The second-order valence-corrected chi connectivity index (χ2v) is 11.0. The Bertz CT molecular complexity index is 1810. The Morgan fingerprint density at radius 1 is 1.07 bits per heavy atom. The molecular weight excluding hydrogens is 573 g/mol. The number of fused-ring (bicyclic) bond motifs is 1. The van der Waals surface area contributed by atoms with E-state index in [1.807, 2.05) is 6.92 Å². The first-order valence-corrected chi connectivity index (χ1v) is 14.1. The van der Waals surface area contributed by atoms with Crippen molar-refractivity contribution in [1.29, 1.82) is 0 Å². The number of likely N-dealkylation sites (tertiary alicyclic amines) is 1. The third-order valence-electron chi connectivity index (χ3n) is 7.84. The first-order chi connectivity index (χ1) is 20.8. The first-order valence-electron chi connectivity index (χ1n) is 14.1. The maximum absolute atomic E-state index is 13.4. The van der Waals surface area contributed by atoms with E-state index in [1.165, 1.54) is 32.3 Å². The van der Waals surface area contributed by atoms with Gasteiger partial charge in [0.1, 0.15) is 23.9 Å². The fraction of sp³-hybridized carbons (Fsp3) is 0.344. The maximum atomic E-state index is 13.4. The highest BCUT2D eigenvalue weighted by atomic mass is 19.4. The molecule has 9 nitrogen and oxygen atoms in total. The van der Waals surface area contributed by atoms with Gasteiger partial charge in [-0.2, -0.15) is 18.3 Å². The van der Waals surface area contributed by atoms with Gasteiger partial charge in [-0.25, -0.2) is 14.6 Å². The Kier molecular flexibility index (Phi) is 8.43. The standard InChI is InChI=1S/C32H31F3N6O3/c1-18-4-6-21(15-27(43)23-7-5-19(2)25(16-23)32(33,34)35)14-22(18)8-9-26-28-29(36)37-17-38-30(28)41(39-26)24-10-12-40(13-11-24)31(44)20(3)42/h4-7,14,16-17,20,24,42H,10-13,15H2,1-3H3,(H2,36,37,38)/t20-/m1/s1. The molecule has 12 heteroatoms. The number of benzene rings is 2. The largest absolute Gasteiger partial charge is 0.416 e. The number of carbonyl (C=O) groups is 2. The monoisotopic (exact) mass is 604 g/mol. The number of hydrogen-bond donors (Lipinski definition) is 2. The zero-order valence-corrected chi connectivity index (χ0v) is 24.4. The fourth-order valence-electron chi connectivity index (χ4n) is 5.36. The Labute approximate surface area is 251 Å². The van der Waals surface area contributed by atoms with E-state index in [0.717, 1.165) is 11.6 Å². The van der Waals surface area contributed by atoms with Crippen LogP contribution in [0.1, 0.15) is 69.7 Å². The third-order valence-corrected chi connectivity index (χ3v) is 7.84. The van der Waals surface area contributed by atoms with Crippen LogP contribution in [0.15, 0.2) is 42.7 Å². The van der Waals surface area contributed by atoms with E-state index < -0.39 is 23.6 Å². The van der Waals surface area contributed by atoms with Crippen LogP contribution in [0.5, 0.6) is 0 Å². The van der Waals surface area contributed by atoms with Gasteiger partial charge in [-0.05, 0) is 68.4 Å². The minimum absolute atomic E-state index is 0.00955. The summed E-state index contributed by atoms with van der Waals surface area (Å²) in [4.78, 5) is 35.3. The smallest absolute Gasteiger partial charge is 0.384 e. The van der Waals surface area contributed by atoms with Crippen LogP contribution in [0.2, 0.25) is 0 Å². The molecule has 0 saturated carbocycles. The SMILES string of the molecule is Cc1ccc(CC(=O)c2ccc(C)c(C(F)(F)F)c2)cc1C#Cc1nn(C2CCN(C(=O)[C@@H](C)O)CC2)c2ncnc(N)c12. The molecule has 0 spiro atoms. The molecule has 0 unspecified atom stereocenters. The molecule has 3 N–H and O–H groups in total. The van der Waals surface area contributed by atoms with Crippen LogP contribution in [0.3, 0.4) is 0 Å². The van der Waals surface area contributed by atoms with Crippen molar-refractivity contribution in [2.75, 3.05) is 18.8 Å². The molecule has 1 amide bonds. The normalized spacial score (nSPS) is 14.8. The van der Waals surface area contributed by atoms with Gasteiger partial charge in [-0.3, -0.25) is 9.59 Å². The van der Waals surface area contributed by atoms with Crippen molar-refractivity contribution in [3.63, 3.8) is 0 Å². The quantitative estimate of drug-likeness (QED) is 0.255. The molecule has 1 atom stereocenters. The van der Waals surface area contributed by atoms with Crippen molar-refractivity contribution in [2.45, 2.75) is 58.4 Å². The average molecular weight is 605 g/mol. The number of alkyl halides is 3. The minimum Gasteiger partial charge on any atom is -0.384 e. The van der Waals surface area contributed by atoms with Crippen molar-refractivity contribution < 1.29 is 27.9 Å². The predicted molar refractivity (Wildman–Crippen MR) is 158 cm³/mol. The Morgan fingerprint density at radius 3 is 2.45 bits per heavy atom. The van der Waals surface area contributed by atoms with Crippen molar-refractivity contribution in [2.24, 2.45) is 0 Å². The lowest BCUT2D eigenvalue weighted by Gasteiger charge is -2.32. The molecule has 1 aliphatic rings. The van der Waals surface area contributed by atoms with E-state index in [2.05, 4.69) is 21.8 Å². The molecule has 0 aliphatic carbocycles. The van der Waals surface area contributed by atoms with E-state index in [0.29, 0.717) is 53.8 Å². The van der Waals surface area contributed by atoms with Gasteiger partial charge in [0.05, 0.1) is 17.0 Å². The molecule has 228 valence electrons. The molecule has 0 bridgehead atoms. The number of carbonyl (C=O) groups excluding carboxylic acids is 2. The topological polar surface area (TPSA) is 127 Å². The number of nitrogens with two attached hydrogens (primary N) is 1. The molecule has 44 heavy (non-hydrogen) atoms. The number of aryl methyl sites for hydroxylation is 2. The van der Waals surface area contributed by atoms with Crippen molar-refractivity contribution in [3.05, 3.63) is 81.8 Å². The van der Waals surface area contributed by atoms with Crippen LogP contribution < -0.4 is 5.73 Å². The number of rotatable bonds is 5. The molecule has 0 radical (unpaired) electrons. The maximum Gasteiger partial charge on any atom is 0.416 e. The van der Waals surface area contributed by atoms with Gasteiger partial charge in [0.25, 0.3) is 5.91 Å². The van der Waals surface area contributed by atoms with Gasteiger partial charge >= 0.3 is 6.18 Å². The summed E-state index contributed by atoms with van der Waals surface area (Å²) in [5, 5.41) is 14.9. The summed E-state index contributed by atoms with van der Waals surface area (Å²) in [6.45, 7) is 5.59. The highest BCUT2D eigenvalue weighted by Crippen LogP contribution is 2.33. The minimum atomic E-state index is -4.55. The highest BCUT2D eigenvalue weighted by Gasteiger charge is 2.33. The molecule has 5 rings (SSSR count). The first kappa shape index (κ1) is 30.7. The number of aliphatic hydroxyl groups excluding tert-OH is 1. The summed E-state index contributed by atoms with van der Waals surface area (Å²) in [6, 6.07) is 8.84. The second-order valence-electron chi connectivity index (χ2n) is 11.0. The Hall–Kier alpha value is -4.76. The van der Waals surface area contributed by atoms with Gasteiger partial charge in [0.2, 0.25) is 0 Å². The molecular formula is C32H31F3N6O3.